The minimum atomic E-state index is -1.90. The lowest BCUT2D eigenvalue weighted by molar-refractivity contribution is -0.178. The first-order valence-electron chi connectivity index (χ1n) is 13.1. The summed E-state index contributed by atoms with van der Waals surface area (Å²) in [6.07, 6.45) is -3.11. The summed E-state index contributed by atoms with van der Waals surface area (Å²) in [5, 5.41) is 40.9. The van der Waals surface area contributed by atoms with E-state index in [9.17, 15) is 25.1 Å². The van der Waals surface area contributed by atoms with Crippen LogP contribution >= 0.6 is 0 Å². The molecule has 14 nitrogen and oxygen atoms in total. The number of hydrazone groups is 1. The molecule has 1 fully saturated rings. The molecule has 1 saturated heterocycles. The van der Waals surface area contributed by atoms with Crippen molar-refractivity contribution in [2.75, 3.05) is 6.61 Å². The van der Waals surface area contributed by atoms with Crippen LogP contribution in [0.25, 0.3) is 0 Å². The molecule has 3 aliphatic rings. The maximum Gasteiger partial charge on any atom is 0.408 e. The molecule has 0 spiro atoms. The molecule has 0 radical (unpaired) electrons. The molecule has 0 aliphatic carbocycles. The molecule has 3 rings (SSSR count). The molecule has 0 aromatic carbocycles. The minimum absolute atomic E-state index is 0.0173. The van der Waals surface area contributed by atoms with Crippen LogP contribution in [0.5, 0.6) is 0 Å². The molecule has 1 amide bonds. The first-order chi connectivity index (χ1) is 18.5. The van der Waals surface area contributed by atoms with Gasteiger partial charge in [0, 0.05) is 6.42 Å². The van der Waals surface area contributed by atoms with Gasteiger partial charge in [-0.3, -0.25) is 9.80 Å². The van der Waals surface area contributed by atoms with Gasteiger partial charge in [-0.2, -0.15) is 10.4 Å². The second-order valence-electron chi connectivity index (χ2n) is 12.0. The monoisotopic (exact) mass is 564 g/mol. The smallest absolute Gasteiger partial charge is 0.408 e. The lowest BCUT2D eigenvalue weighted by atomic mass is 9.86. The molecule has 40 heavy (non-hydrogen) atoms. The fourth-order valence-corrected chi connectivity index (χ4v) is 4.74. The topological polar surface area (TPSA) is 201 Å². The van der Waals surface area contributed by atoms with Gasteiger partial charge in [0.15, 0.2) is 18.2 Å². The van der Waals surface area contributed by atoms with E-state index >= 15 is 0 Å². The highest BCUT2D eigenvalue weighted by molar-refractivity contribution is 6.02. The number of fused-ring (bicyclic) bond motifs is 1. The molecule has 0 aromatic rings. The van der Waals surface area contributed by atoms with Gasteiger partial charge in [0.2, 0.25) is 5.60 Å². The summed E-state index contributed by atoms with van der Waals surface area (Å²) in [6, 6.07) is 0.329. The fourth-order valence-electron chi connectivity index (χ4n) is 4.74. The number of aliphatic imine (C=N–C) groups is 1. The molecule has 2 unspecified atom stereocenters. The van der Waals surface area contributed by atoms with E-state index in [1.807, 2.05) is 0 Å². The van der Waals surface area contributed by atoms with Crippen molar-refractivity contribution in [3.8, 4) is 6.07 Å². The van der Waals surface area contributed by atoms with Gasteiger partial charge in [-0.05, 0) is 32.6 Å². The fraction of sp³-hybridized carbons (Fsp3) is 0.731. The Morgan fingerprint density at radius 2 is 2.02 bits per heavy atom. The predicted octanol–water partition coefficient (Wildman–Crippen LogP) is 0.877. The molecule has 5 N–H and O–H groups in total. The number of rotatable bonds is 8. The Morgan fingerprint density at radius 1 is 1.35 bits per heavy atom. The van der Waals surface area contributed by atoms with Gasteiger partial charge in [-0.1, -0.05) is 33.8 Å². The number of aliphatic hydroxyl groups excluding tert-OH is 2. The maximum atomic E-state index is 12.4. The van der Waals surface area contributed by atoms with Gasteiger partial charge in [0.1, 0.15) is 36.3 Å². The largest absolute Gasteiger partial charge is 0.457 e. The first-order valence-corrected chi connectivity index (χ1v) is 13.1. The number of carbonyl (C=O) groups is 2. The number of amidine groups is 1. The molecule has 0 bridgehead atoms. The number of nitriles is 1. The zero-order chi connectivity index (χ0) is 30.0. The average Bonchev–Trinajstić information content (AvgIpc) is 3.40. The molecule has 3 aliphatic heterocycles. The molecule has 0 aromatic heterocycles. The third-order valence-electron chi connectivity index (χ3n) is 6.72. The van der Waals surface area contributed by atoms with Crippen molar-refractivity contribution in [1.29, 1.82) is 5.26 Å². The van der Waals surface area contributed by atoms with E-state index in [0.29, 0.717) is 5.70 Å². The summed E-state index contributed by atoms with van der Waals surface area (Å²) < 4.78 is 22.7. The molecule has 3 heterocycles. The van der Waals surface area contributed by atoms with E-state index in [0.717, 1.165) is 0 Å². The Hall–Kier alpha value is -3.25. The van der Waals surface area contributed by atoms with Crippen LogP contribution in [0.15, 0.2) is 21.9 Å². The number of esters is 1. The lowest BCUT2D eigenvalue weighted by Crippen LogP contribution is -2.56. The number of ether oxygens (including phenoxy) is 4. The average molecular weight is 565 g/mol. The number of amides is 1. The third-order valence-corrected chi connectivity index (χ3v) is 6.72. The minimum Gasteiger partial charge on any atom is -0.457 e. The summed E-state index contributed by atoms with van der Waals surface area (Å²) in [5.74, 6) is -0.426. The molecule has 7 atom stereocenters. The number of hydrogen-bond acceptors (Lipinski definition) is 13. The number of carbonyl (C=O) groups excluding carboxylic acids is 2. The van der Waals surface area contributed by atoms with Crippen molar-refractivity contribution in [3.05, 3.63) is 11.8 Å². The SMILES string of the molecule is CCC(=O)O[C@H]1[C@@H](O)[C@](C#N)(C2CC=C3C(N)=NC=NN32)O[C@@H]1COC(O)[C@@H](NC(=O)OC(C)(C)C)C(C)(C)C. The number of aliphatic hydroxyl groups is 2. The quantitative estimate of drug-likeness (QED) is 0.241. The van der Waals surface area contributed by atoms with Gasteiger partial charge in [0.05, 0.1) is 18.3 Å². The van der Waals surface area contributed by atoms with Crippen molar-refractivity contribution in [3.63, 3.8) is 0 Å². The number of nitrogens with two attached hydrogens (primary N) is 1. The third kappa shape index (κ3) is 6.55. The summed E-state index contributed by atoms with van der Waals surface area (Å²) in [4.78, 5) is 28.7. The Bertz CT molecular complexity index is 1100. The van der Waals surface area contributed by atoms with Crippen molar-refractivity contribution >= 4 is 24.2 Å². The van der Waals surface area contributed by atoms with Gasteiger partial charge >= 0.3 is 12.1 Å². The van der Waals surface area contributed by atoms with E-state index in [1.165, 1.54) is 11.3 Å². The van der Waals surface area contributed by atoms with E-state index in [2.05, 4.69) is 21.5 Å². The van der Waals surface area contributed by atoms with Crippen LogP contribution in [0.1, 0.15) is 61.3 Å². The van der Waals surface area contributed by atoms with Crippen LogP contribution in [0.2, 0.25) is 0 Å². The predicted molar refractivity (Wildman–Crippen MR) is 142 cm³/mol. The van der Waals surface area contributed by atoms with Crippen LogP contribution in [-0.2, 0) is 23.7 Å². The van der Waals surface area contributed by atoms with Crippen molar-refractivity contribution in [2.24, 2.45) is 21.2 Å². The van der Waals surface area contributed by atoms with Crippen molar-refractivity contribution < 1.29 is 38.7 Å². The van der Waals surface area contributed by atoms with Crippen LogP contribution in [0.3, 0.4) is 0 Å². The summed E-state index contributed by atoms with van der Waals surface area (Å²) in [6.45, 7) is 11.7. The van der Waals surface area contributed by atoms with Gasteiger partial charge < -0.3 is 40.2 Å². The van der Waals surface area contributed by atoms with Gasteiger partial charge in [0.25, 0.3) is 0 Å². The highest BCUT2D eigenvalue weighted by Crippen LogP contribution is 2.43. The molecular formula is C26H40N6O8. The second kappa shape index (κ2) is 11.7. The Balaban J connectivity index is 1.82. The number of nitrogens with zero attached hydrogens (tertiary/aromatic N) is 4. The molecular weight excluding hydrogens is 524 g/mol. The van der Waals surface area contributed by atoms with E-state index < -0.39 is 65.4 Å². The van der Waals surface area contributed by atoms with Crippen LogP contribution in [0.4, 0.5) is 4.79 Å². The lowest BCUT2D eigenvalue weighted by Gasteiger charge is -2.37. The summed E-state index contributed by atoms with van der Waals surface area (Å²) >= 11 is 0. The highest BCUT2D eigenvalue weighted by atomic mass is 16.6. The summed E-state index contributed by atoms with van der Waals surface area (Å²) in [7, 11) is 0. The van der Waals surface area contributed by atoms with Crippen LogP contribution in [0, 0.1) is 16.7 Å². The number of hydrogen-bond donors (Lipinski definition) is 4. The Morgan fingerprint density at radius 3 is 2.60 bits per heavy atom. The van der Waals surface area contributed by atoms with Crippen molar-refractivity contribution in [1.82, 2.24) is 10.3 Å². The summed E-state index contributed by atoms with van der Waals surface area (Å²) in [5.41, 5.74) is 3.10. The molecule has 0 saturated carbocycles. The molecule has 222 valence electrons. The van der Waals surface area contributed by atoms with Gasteiger partial charge in [-0.15, -0.1) is 0 Å². The number of nitrogens with one attached hydrogen (secondary N) is 1. The van der Waals surface area contributed by atoms with Crippen LogP contribution in [-0.4, -0.2) is 94.0 Å². The van der Waals surface area contributed by atoms with E-state index in [-0.39, 0.29) is 25.3 Å². The second-order valence-corrected chi connectivity index (χ2v) is 12.0. The zero-order valence-electron chi connectivity index (χ0n) is 24.0. The van der Waals surface area contributed by atoms with Crippen molar-refractivity contribution in [2.45, 2.75) is 109 Å². The standard InChI is InChI=1S/C26H40N6O8/c1-8-17(33)38-18-15(11-37-22(35)19(24(2,3)4)31-23(36)40-25(5,6)7)39-26(12-27,20(18)34)16-10-9-14-21(28)29-13-30-32(14)16/h9,13,15-16,18-20,22,34-35H,8,10-11H2,1-7H3,(H,31,36)(H2,28,29,30)/t15-,16?,18-,19-,20-,22?,26+/m1/s1. The Kier molecular flexibility index (Phi) is 9.15. The number of alkyl carbamates (subject to hydrolysis) is 1. The van der Waals surface area contributed by atoms with Crippen LogP contribution < -0.4 is 11.1 Å². The maximum absolute atomic E-state index is 12.4. The Labute approximate surface area is 233 Å². The highest BCUT2D eigenvalue weighted by Gasteiger charge is 2.63. The zero-order valence-corrected chi connectivity index (χ0v) is 24.0. The first kappa shape index (κ1) is 31.3. The normalized spacial score (nSPS) is 29.6. The van der Waals surface area contributed by atoms with E-state index in [1.54, 1.807) is 54.5 Å². The molecule has 14 heteroatoms. The van der Waals surface area contributed by atoms with Gasteiger partial charge in [-0.25, -0.2) is 9.79 Å². The van der Waals surface area contributed by atoms with E-state index in [4.69, 9.17) is 24.7 Å².